The maximum absolute atomic E-state index is 9.80. The van der Waals surface area contributed by atoms with Crippen LogP contribution in [-0.2, 0) is 0 Å². The van der Waals surface area contributed by atoms with Gasteiger partial charge in [0.1, 0.15) is 0 Å². The summed E-state index contributed by atoms with van der Waals surface area (Å²) in [5.41, 5.74) is 6.38. The first kappa shape index (κ1) is 3.46. The van der Waals surface area contributed by atoms with Crippen molar-refractivity contribution in [3.05, 3.63) is 0 Å². The molecule has 2 amide bonds. The number of nitrogens with zero attached hydrogens (tertiary/aromatic N) is 1. The van der Waals surface area contributed by atoms with E-state index in [0.717, 1.165) is 13.1 Å². The van der Waals surface area contributed by atoms with Gasteiger partial charge in [0.05, 0.1) is 0 Å². The van der Waals surface area contributed by atoms with Gasteiger partial charge in [-0.15, -0.1) is 0 Å². The molecule has 0 atom stereocenters. The van der Waals surface area contributed by atoms with E-state index in [4.69, 9.17) is 5.73 Å². The molecule has 0 saturated carbocycles. The molecule has 0 unspecified atom stereocenters. The van der Waals surface area contributed by atoms with Crippen LogP contribution in [0.15, 0.2) is 0 Å². The highest BCUT2D eigenvalue weighted by Gasteiger charge is 2.20. The molecule has 1 rings (SSSR count). The number of amides is 2. The monoisotopic (exact) mass is 85.0 g/mol. The average molecular weight is 85.1 g/mol. The predicted molar refractivity (Wildman–Crippen MR) is 20.1 cm³/mol. The van der Waals surface area contributed by atoms with Gasteiger partial charge in [0.15, 0.2) is 0 Å². The molecule has 33 valence electrons. The van der Waals surface area contributed by atoms with Crippen molar-refractivity contribution < 1.29 is 4.79 Å². The van der Waals surface area contributed by atoms with E-state index in [1.54, 1.807) is 0 Å². The lowest BCUT2D eigenvalue weighted by atomic mass is 11.0. The third kappa shape index (κ3) is 0.429. The minimum Gasteiger partial charge on any atom is -0.320 e. The first-order valence-corrected chi connectivity index (χ1v) is 1.81. The SMILES string of the molecule is [NH]C(=O)N1CC1. The minimum absolute atomic E-state index is 0.546. The van der Waals surface area contributed by atoms with Crippen LogP contribution >= 0.6 is 0 Å². The van der Waals surface area contributed by atoms with Crippen LogP contribution in [0.25, 0.3) is 0 Å². The molecule has 3 heteroatoms. The lowest BCUT2D eigenvalue weighted by Gasteiger charge is -1.83. The van der Waals surface area contributed by atoms with E-state index in [2.05, 4.69) is 0 Å². The summed E-state index contributed by atoms with van der Waals surface area (Å²) in [6, 6.07) is -0.546. The first-order chi connectivity index (χ1) is 2.80. The Balaban J connectivity index is 2.31. The van der Waals surface area contributed by atoms with Crippen molar-refractivity contribution in [2.45, 2.75) is 0 Å². The topological polar surface area (TPSA) is 43.9 Å². The van der Waals surface area contributed by atoms with Gasteiger partial charge in [-0.1, -0.05) is 0 Å². The standard InChI is InChI=1S/C3H5N2O/c4-3(6)5-1-2-5/h4H,1-2H2. The average Bonchev–Trinajstić information content (AvgIpc) is 2.06. The molecule has 0 aromatic carbocycles. The van der Waals surface area contributed by atoms with Crippen LogP contribution in [0.4, 0.5) is 4.79 Å². The van der Waals surface area contributed by atoms with Gasteiger partial charge >= 0.3 is 6.03 Å². The fraction of sp³-hybridized carbons (Fsp3) is 0.667. The summed E-state index contributed by atoms with van der Waals surface area (Å²) in [6.45, 7) is 1.59. The molecule has 3 nitrogen and oxygen atoms in total. The van der Waals surface area contributed by atoms with Crippen molar-refractivity contribution in [3.63, 3.8) is 0 Å². The molecule has 0 aromatic rings. The van der Waals surface area contributed by atoms with E-state index in [1.807, 2.05) is 0 Å². The first-order valence-electron chi connectivity index (χ1n) is 1.81. The Labute approximate surface area is 35.7 Å². The Bertz CT molecular complexity index is 76.9. The molecule has 0 spiro atoms. The van der Waals surface area contributed by atoms with Crippen molar-refractivity contribution in [3.8, 4) is 0 Å². The normalized spacial score (nSPS) is 17.7. The number of hydrogen-bond donors (Lipinski definition) is 0. The maximum atomic E-state index is 9.80. The Morgan fingerprint density at radius 3 is 2.17 bits per heavy atom. The number of nitrogens with one attached hydrogen (secondary N) is 1. The number of hydrogen-bond acceptors (Lipinski definition) is 1. The van der Waals surface area contributed by atoms with Crippen LogP contribution in [0.1, 0.15) is 0 Å². The Morgan fingerprint density at radius 1 is 1.67 bits per heavy atom. The van der Waals surface area contributed by atoms with E-state index >= 15 is 0 Å². The summed E-state index contributed by atoms with van der Waals surface area (Å²) < 4.78 is 0. The summed E-state index contributed by atoms with van der Waals surface area (Å²) in [5.74, 6) is 0. The molecule has 1 aliphatic rings. The summed E-state index contributed by atoms with van der Waals surface area (Å²) in [6.07, 6.45) is 0. The zero-order valence-corrected chi connectivity index (χ0v) is 3.27. The second-order valence-electron chi connectivity index (χ2n) is 1.29. The van der Waals surface area contributed by atoms with Gasteiger partial charge in [-0.3, -0.25) is 0 Å². The van der Waals surface area contributed by atoms with E-state index in [0.29, 0.717) is 0 Å². The second kappa shape index (κ2) is 0.864. The van der Waals surface area contributed by atoms with Crippen LogP contribution < -0.4 is 5.73 Å². The lowest BCUT2D eigenvalue weighted by Crippen LogP contribution is -2.06. The number of carbonyl (C=O) groups is 1. The lowest BCUT2D eigenvalue weighted by molar-refractivity contribution is 0.237. The van der Waals surface area contributed by atoms with Crippen LogP contribution in [0.2, 0.25) is 0 Å². The molecule has 1 N–H and O–H groups in total. The molecular weight excluding hydrogens is 80.0 g/mol. The van der Waals surface area contributed by atoms with Gasteiger partial charge in [-0.25, -0.2) is 10.5 Å². The molecule has 1 radical (unpaired) electrons. The van der Waals surface area contributed by atoms with Crippen LogP contribution in [0, 0.1) is 0 Å². The zero-order valence-electron chi connectivity index (χ0n) is 3.27. The highest BCUT2D eigenvalue weighted by atomic mass is 16.2. The largest absolute Gasteiger partial charge is 0.336 e. The predicted octanol–water partition coefficient (Wildman–Crippen LogP) is -0.295. The number of rotatable bonds is 0. The van der Waals surface area contributed by atoms with Crippen LogP contribution in [-0.4, -0.2) is 24.0 Å². The molecule has 1 saturated heterocycles. The molecule has 1 aliphatic heterocycles. The second-order valence-corrected chi connectivity index (χ2v) is 1.29. The van der Waals surface area contributed by atoms with Gasteiger partial charge in [0.25, 0.3) is 0 Å². The molecule has 1 heterocycles. The van der Waals surface area contributed by atoms with E-state index in [9.17, 15) is 4.79 Å². The highest BCUT2D eigenvalue weighted by molar-refractivity contribution is 5.73. The third-order valence-corrected chi connectivity index (χ3v) is 0.734. The van der Waals surface area contributed by atoms with Gasteiger partial charge < -0.3 is 4.90 Å². The number of carbonyl (C=O) groups excluding carboxylic acids is 1. The summed E-state index contributed by atoms with van der Waals surface area (Å²) in [5, 5.41) is 0. The quantitative estimate of drug-likeness (QED) is 0.372. The van der Waals surface area contributed by atoms with E-state index in [1.165, 1.54) is 4.90 Å². The van der Waals surface area contributed by atoms with Crippen molar-refractivity contribution in [2.24, 2.45) is 0 Å². The number of urea groups is 1. The molecule has 1 fully saturated rings. The molecule has 6 heavy (non-hydrogen) atoms. The summed E-state index contributed by atoms with van der Waals surface area (Å²) in [7, 11) is 0. The van der Waals surface area contributed by atoms with Crippen LogP contribution in [0.5, 0.6) is 0 Å². The van der Waals surface area contributed by atoms with E-state index in [-0.39, 0.29) is 0 Å². The molecular formula is C3H5N2O. The Morgan fingerprint density at radius 2 is 2.17 bits per heavy atom. The van der Waals surface area contributed by atoms with Gasteiger partial charge in [0, 0.05) is 13.1 Å². The van der Waals surface area contributed by atoms with Crippen molar-refractivity contribution >= 4 is 6.03 Å². The van der Waals surface area contributed by atoms with Gasteiger partial charge in [0.2, 0.25) is 0 Å². The molecule has 0 bridgehead atoms. The summed E-state index contributed by atoms with van der Waals surface area (Å²) in [4.78, 5) is 11.2. The molecule has 0 aliphatic carbocycles. The fourth-order valence-corrected chi connectivity index (χ4v) is 0.253. The Hall–Kier alpha value is -0.730. The van der Waals surface area contributed by atoms with Crippen molar-refractivity contribution in [2.75, 3.05) is 13.1 Å². The highest BCUT2D eigenvalue weighted by Crippen LogP contribution is 2.00. The zero-order chi connectivity index (χ0) is 4.57. The smallest absolute Gasteiger partial charge is 0.320 e. The fourth-order valence-electron chi connectivity index (χ4n) is 0.253. The van der Waals surface area contributed by atoms with Crippen LogP contribution in [0.3, 0.4) is 0 Å². The van der Waals surface area contributed by atoms with Gasteiger partial charge in [-0.2, -0.15) is 0 Å². The van der Waals surface area contributed by atoms with E-state index < -0.39 is 6.03 Å². The maximum Gasteiger partial charge on any atom is 0.336 e. The van der Waals surface area contributed by atoms with Crippen molar-refractivity contribution in [1.29, 1.82) is 0 Å². The minimum atomic E-state index is -0.546. The molecule has 0 aromatic heterocycles. The third-order valence-electron chi connectivity index (χ3n) is 0.734. The summed E-state index contributed by atoms with van der Waals surface area (Å²) >= 11 is 0. The Kier molecular flexibility index (Phi) is 0.498. The van der Waals surface area contributed by atoms with Crippen molar-refractivity contribution in [1.82, 2.24) is 10.6 Å². The van der Waals surface area contributed by atoms with Gasteiger partial charge in [-0.05, 0) is 0 Å².